The van der Waals surface area contributed by atoms with E-state index in [9.17, 15) is 0 Å². The maximum atomic E-state index is 5.79. The van der Waals surface area contributed by atoms with E-state index in [4.69, 9.17) is 5.73 Å². The molecule has 1 saturated carbocycles. The maximum absolute atomic E-state index is 5.79. The summed E-state index contributed by atoms with van der Waals surface area (Å²) in [5.74, 6) is 1.78. The average Bonchev–Trinajstić information content (AvgIpc) is 2.87. The molecule has 0 spiro atoms. The highest BCUT2D eigenvalue weighted by Crippen LogP contribution is 2.41. The van der Waals surface area contributed by atoms with Gasteiger partial charge in [0, 0.05) is 6.04 Å². The molecule has 2 atom stereocenters. The van der Waals surface area contributed by atoms with Gasteiger partial charge in [0.05, 0.1) is 0 Å². The summed E-state index contributed by atoms with van der Waals surface area (Å²) in [6.45, 7) is 2.18. The van der Waals surface area contributed by atoms with Crippen LogP contribution in [0.5, 0.6) is 0 Å². The van der Waals surface area contributed by atoms with Crippen molar-refractivity contribution in [1.29, 1.82) is 0 Å². The highest BCUT2D eigenvalue weighted by atomic mass is 15.1. The Kier molecular flexibility index (Phi) is 2.37. The second-order valence-corrected chi connectivity index (χ2v) is 4.45. The zero-order valence-electron chi connectivity index (χ0n) is 8.00. The summed E-state index contributed by atoms with van der Waals surface area (Å²) in [5, 5.41) is 0. The van der Waals surface area contributed by atoms with Gasteiger partial charge in [-0.05, 0) is 57.7 Å². The van der Waals surface area contributed by atoms with E-state index in [0.717, 1.165) is 24.4 Å². The SMILES string of the molecule is CN1CCC[C@H](CN)[C@H]1C1CC1. The standard InChI is InChI=1S/C10H20N2/c1-12-6-2-3-9(7-11)10(12)8-4-5-8/h8-10H,2-7,11H2,1H3/t9-,10-/m1/s1. The molecule has 0 radical (unpaired) electrons. The van der Waals surface area contributed by atoms with Crippen molar-refractivity contribution in [2.45, 2.75) is 31.7 Å². The van der Waals surface area contributed by atoms with Crippen molar-refractivity contribution in [3.8, 4) is 0 Å². The molecular weight excluding hydrogens is 148 g/mol. The number of rotatable bonds is 2. The lowest BCUT2D eigenvalue weighted by molar-refractivity contribution is 0.107. The van der Waals surface area contributed by atoms with E-state index in [2.05, 4.69) is 11.9 Å². The summed E-state index contributed by atoms with van der Waals surface area (Å²) in [6.07, 6.45) is 5.61. The van der Waals surface area contributed by atoms with Crippen molar-refractivity contribution in [2.24, 2.45) is 17.6 Å². The van der Waals surface area contributed by atoms with Crippen LogP contribution in [0.1, 0.15) is 25.7 Å². The predicted molar refractivity (Wildman–Crippen MR) is 50.9 cm³/mol. The molecule has 2 N–H and O–H groups in total. The second-order valence-electron chi connectivity index (χ2n) is 4.45. The Hall–Kier alpha value is -0.0800. The lowest BCUT2D eigenvalue weighted by Crippen LogP contribution is -2.46. The van der Waals surface area contributed by atoms with Crippen LogP contribution in [0.2, 0.25) is 0 Å². The fourth-order valence-corrected chi connectivity index (χ4v) is 2.72. The van der Waals surface area contributed by atoms with E-state index in [1.165, 1.54) is 32.2 Å². The highest BCUT2D eigenvalue weighted by molar-refractivity contribution is 4.94. The minimum absolute atomic E-state index is 0.788. The van der Waals surface area contributed by atoms with Gasteiger partial charge in [0.1, 0.15) is 0 Å². The average molecular weight is 168 g/mol. The van der Waals surface area contributed by atoms with Crippen molar-refractivity contribution in [3.05, 3.63) is 0 Å². The third-order valence-corrected chi connectivity index (χ3v) is 3.49. The van der Waals surface area contributed by atoms with Gasteiger partial charge in [-0.15, -0.1) is 0 Å². The van der Waals surface area contributed by atoms with Crippen LogP contribution >= 0.6 is 0 Å². The zero-order valence-corrected chi connectivity index (χ0v) is 8.00. The summed E-state index contributed by atoms with van der Waals surface area (Å²) in [5.41, 5.74) is 5.79. The van der Waals surface area contributed by atoms with Crippen LogP contribution in [-0.4, -0.2) is 31.1 Å². The summed E-state index contributed by atoms with van der Waals surface area (Å²) in [7, 11) is 2.27. The fraction of sp³-hybridized carbons (Fsp3) is 1.00. The summed E-state index contributed by atoms with van der Waals surface area (Å²) >= 11 is 0. The van der Waals surface area contributed by atoms with Gasteiger partial charge in [-0.1, -0.05) is 0 Å². The first-order chi connectivity index (χ1) is 5.83. The van der Waals surface area contributed by atoms with Gasteiger partial charge in [-0.25, -0.2) is 0 Å². The third-order valence-electron chi connectivity index (χ3n) is 3.49. The van der Waals surface area contributed by atoms with Crippen LogP contribution < -0.4 is 5.73 Å². The first kappa shape index (κ1) is 8.52. The number of hydrogen-bond acceptors (Lipinski definition) is 2. The molecule has 0 aromatic rings. The molecule has 1 aliphatic carbocycles. The Morgan fingerprint density at radius 3 is 2.67 bits per heavy atom. The number of likely N-dealkylation sites (tertiary alicyclic amines) is 1. The molecule has 2 rings (SSSR count). The highest BCUT2D eigenvalue weighted by Gasteiger charge is 2.39. The number of nitrogens with two attached hydrogens (primary N) is 1. The van der Waals surface area contributed by atoms with Crippen LogP contribution in [0.25, 0.3) is 0 Å². The Labute approximate surface area is 75.1 Å². The van der Waals surface area contributed by atoms with Crippen molar-refractivity contribution in [1.82, 2.24) is 4.90 Å². The Bertz CT molecular complexity index is 154. The number of hydrogen-bond donors (Lipinski definition) is 1. The lowest BCUT2D eigenvalue weighted by atomic mass is 9.86. The monoisotopic (exact) mass is 168 g/mol. The normalized spacial score (nSPS) is 38.5. The van der Waals surface area contributed by atoms with Gasteiger partial charge in [0.2, 0.25) is 0 Å². The molecule has 2 aliphatic rings. The van der Waals surface area contributed by atoms with Crippen LogP contribution in [0.4, 0.5) is 0 Å². The molecular formula is C10H20N2. The Morgan fingerprint density at radius 1 is 1.33 bits per heavy atom. The molecule has 1 aliphatic heterocycles. The van der Waals surface area contributed by atoms with E-state index in [-0.39, 0.29) is 0 Å². The van der Waals surface area contributed by atoms with Crippen LogP contribution in [0.15, 0.2) is 0 Å². The molecule has 0 amide bonds. The van der Waals surface area contributed by atoms with Gasteiger partial charge in [-0.2, -0.15) is 0 Å². The van der Waals surface area contributed by atoms with Gasteiger partial charge < -0.3 is 10.6 Å². The molecule has 0 bridgehead atoms. The van der Waals surface area contributed by atoms with Crippen molar-refractivity contribution < 1.29 is 0 Å². The van der Waals surface area contributed by atoms with Gasteiger partial charge >= 0.3 is 0 Å². The van der Waals surface area contributed by atoms with Crippen LogP contribution in [-0.2, 0) is 0 Å². The van der Waals surface area contributed by atoms with E-state index >= 15 is 0 Å². The molecule has 2 heteroatoms. The zero-order chi connectivity index (χ0) is 8.55. The van der Waals surface area contributed by atoms with Gasteiger partial charge in [0.25, 0.3) is 0 Å². The van der Waals surface area contributed by atoms with Gasteiger partial charge in [0.15, 0.2) is 0 Å². The number of piperidine rings is 1. The van der Waals surface area contributed by atoms with Gasteiger partial charge in [-0.3, -0.25) is 0 Å². The maximum Gasteiger partial charge on any atom is 0.0161 e. The molecule has 2 nitrogen and oxygen atoms in total. The molecule has 0 aromatic heterocycles. The Morgan fingerprint density at radius 2 is 2.08 bits per heavy atom. The summed E-state index contributed by atoms with van der Waals surface area (Å²) < 4.78 is 0. The van der Waals surface area contributed by atoms with Crippen LogP contribution in [0, 0.1) is 11.8 Å². The predicted octanol–water partition coefficient (Wildman–Crippen LogP) is 1.07. The minimum atomic E-state index is 0.788. The van der Waals surface area contributed by atoms with Crippen LogP contribution in [0.3, 0.4) is 0 Å². The summed E-state index contributed by atoms with van der Waals surface area (Å²) in [4.78, 5) is 2.54. The van der Waals surface area contributed by atoms with Crippen molar-refractivity contribution in [3.63, 3.8) is 0 Å². The first-order valence-corrected chi connectivity index (χ1v) is 5.23. The first-order valence-electron chi connectivity index (χ1n) is 5.23. The molecule has 1 saturated heterocycles. The Balaban J connectivity index is 2.00. The molecule has 1 heterocycles. The summed E-state index contributed by atoms with van der Waals surface area (Å²) in [6, 6.07) is 0.823. The molecule has 0 aromatic carbocycles. The molecule has 70 valence electrons. The van der Waals surface area contributed by atoms with E-state index < -0.39 is 0 Å². The molecule has 0 unspecified atom stereocenters. The topological polar surface area (TPSA) is 29.3 Å². The molecule has 12 heavy (non-hydrogen) atoms. The fourth-order valence-electron chi connectivity index (χ4n) is 2.72. The van der Waals surface area contributed by atoms with Crippen molar-refractivity contribution in [2.75, 3.05) is 20.1 Å². The van der Waals surface area contributed by atoms with E-state index in [1.807, 2.05) is 0 Å². The second kappa shape index (κ2) is 3.35. The minimum Gasteiger partial charge on any atom is -0.330 e. The number of nitrogens with zero attached hydrogens (tertiary/aromatic N) is 1. The van der Waals surface area contributed by atoms with E-state index in [1.54, 1.807) is 0 Å². The van der Waals surface area contributed by atoms with Crippen molar-refractivity contribution >= 4 is 0 Å². The van der Waals surface area contributed by atoms with E-state index in [0.29, 0.717) is 0 Å². The molecule has 2 fully saturated rings. The quantitative estimate of drug-likeness (QED) is 0.668. The third kappa shape index (κ3) is 1.50. The smallest absolute Gasteiger partial charge is 0.0161 e. The largest absolute Gasteiger partial charge is 0.330 e. The lowest BCUT2D eigenvalue weighted by Gasteiger charge is -2.39.